The molecule has 15 heavy (non-hydrogen) atoms. The largest absolute Gasteiger partial charge is 0.398 e. The van der Waals surface area contributed by atoms with Crippen molar-refractivity contribution < 1.29 is 0 Å². The third-order valence-electron chi connectivity index (χ3n) is 1.96. The van der Waals surface area contributed by atoms with E-state index in [1.807, 2.05) is 18.2 Å². The second-order valence-electron chi connectivity index (χ2n) is 3.10. The molecule has 0 aliphatic carbocycles. The summed E-state index contributed by atoms with van der Waals surface area (Å²) in [7, 11) is 0. The predicted molar refractivity (Wildman–Crippen MR) is 69.7 cm³/mol. The zero-order valence-corrected chi connectivity index (χ0v) is 10.3. The fourth-order valence-electron chi connectivity index (χ4n) is 1.14. The van der Waals surface area contributed by atoms with E-state index in [9.17, 15) is 0 Å². The van der Waals surface area contributed by atoms with Crippen LogP contribution in [0.4, 0.5) is 5.69 Å². The van der Waals surface area contributed by atoms with E-state index in [1.54, 1.807) is 23.1 Å². The molecule has 2 aromatic rings. The molecule has 0 saturated heterocycles. The van der Waals surface area contributed by atoms with Crippen LogP contribution in [0.3, 0.4) is 0 Å². The first kappa shape index (κ1) is 10.9. The third-order valence-corrected chi connectivity index (χ3v) is 4.08. The Balaban J connectivity index is 2.02. The summed E-state index contributed by atoms with van der Waals surface area (Å²) in [5.74, 6) is 0.976. The van der Waals surface area contributed by atoms with Gasteiger partial charge in [0.25, 0.3) is 0 Å². The van der Waals surface area contributed by atoms with E-state index >= 15 is 0 Å². The van der Waals surface area contributed by atoms with Crippen LogP contribution in [0.5, 0.6) is 0 Å². The van der Waals surface area contributed by atoms with Crippen molar-refractivity contribution in [1.82, 2.24) is 0 Å². The van der Waals surface area contributed by atoms with Crippen LogP contribution in [-0.4, -0.2) is 0 Å². The number of hydrogen-bond acceptors (Lipinski definition) is 3. The number of anilines is 1. The standard InChI is InChI=1S/C11H10ClNS2/c12-10-5-9(1-2-11(10)13)15-7-8-3-4-14-6-8/h1-6H,7,13H2. The fraction of sp³-hybridized carbons (Fsp3) is 0.0909. The molecule has 2 rings (SSSR count). The number of thiophene rings is 1. The van der Waals surface area contributed by atoms with Crippen molar-refractivity contribution >= 4 is 40.4 Å². The van der Waals surface area contributed by atoms with E-state index in [0.29, 0.717) is 10.7 Å². The highest BCUT2D eigenvalue weighted by Crippen LogP contribution is 2.28. The molecule has 1 aromatic heterocycles. The van der Waals surface area contributed by atoms with Crippen molar-refractivity contribution in [3.8, 4) is 0 Å². The molecule has 0 radical (unpaired) electrons. The smallest absolute Gasteiger partial charge is 0.0646 e. The molecular weight excluding hydrogens is 246 g/mol. The number of rotatable bonds is 3. The molecule has 0 aliphatic rings. The van der Waals surface area contributed by atoms with Gasteiger partial charge in [-0.3, -0.25) is 0 Å². The minimum atomic E-state index is 0.630. The SMILES string of the molecule is Nc1ccc(SCc2ccsc2)cc1Cl. The Bertz CT molecular complexity index is 440. The highest BCUT2D eigenvalue weighted by Gasteiger charge is 2.00. The normalized spacial score (nSPS) is 10.5. The lowest BCUT2D eigenvalue weighted by molar-refractivity contribution is 1.41. The number of nitrogens with two attached hydrogens (primary N) is 1. The molecule has 0 aliphatic heterocycles. The van der Waals surface area contributed by atoms with Crippen molar-refractivity contribution in [2.75, 3.05) is 5.73 Å². The highest BCUT2D eigenvalue weighted by molar-refractivity contribution is 7.98. The number of thioether (sulfide) groups is 1. The first-order valence-electron chi connectivity index (χ1n) is 4.44. The molecule has 1 nitrogen and oxygen atoms in total. The molecular formula is C11H10ClNS2. The Morgan fingerprint density at radius 2 is 2.20 bits per heavy atom. The monoisotopic (exact) mass is 255 g/mol. The molecule has 0 saturated carbocycles. The van der Waals surface area contributed by atoms with Crippen LogP contribution >= 0.6 is 34.7 Å². The molecule has 0 atom stereocenters. The molecule has 0 fully saturated rings. The van der Waals surface area contributed by atoms with Crippen LogP contribution in [0.15, 0.2) is 39.9 Å². The zero-order chi connectivity index (χ0) is 10.7. The van der Waals surface area contributed by atoms with Gasteiger partial charge >= 0.3 is 0 Å². The summed E-state index contributed by atoms with van der Waals surface area (Å²) >= 11 is 9.43. The third kappa shape index (κ3) is 2.91. The molecule has 2 N–H and O–H groups in total. The van der Waals surface area contributed by atoms with Crippen LogP contribution in [0.25, 0.3) is 0 Å². The number of hydrogen-bond donors (Lipinski definition) is 1. The van der Waals surface area contributed by atoms with E-state index in [0.717, 1.165) is 10.6 Å². The Kier molecular flexibility index (Phi) is 3.57. The number of halogens is 1. The topological polar surface area (TPSA) is 26.0 Å². The Morgan fingerprint density at radius 1 is 1.33 bits per heavy atom. The van der Waals surface area contributed by atoms with Gasteiger partial charge in [-0.2, -0.15) is 11.3 Å². The van der Waals surface area contributed by atoms with Crippen LogP contribution in [0.1, 0.15) is 5.56 Å². The molecule has 1 aromatic carbocycles. The molecule has 0 spiro atoms. The molecule has 78 valence electrons. The molecule has 0 amide bonds. The van der Waals surface area contributed by atoms with Gasteiger partial charge in [-0.15, -0.1) is 11.8 Å². The van der Waals surface area contributed by atoms with Gasteiger partial charge in [0.1, 0.15) is 0 Å². The van der Waals surface area contributed by atoms with E-state index < -0.39 is 0 Å². The van der Waals surface area contributed by atoms with Crippen molar-refractivity contribution in [3.05, 3.63) is 45.6 Å². The number of nitrogen functional groups attached to an aromatic ring is 1. The van der Waals surface area contributed by atoms with Gasteiger partial charge in [-0.05, 0) is 40.6 Å². The van der Waals surface area contributed by atoms with Crippen molar-refractivity contribution in [3.63, 3.8) is 0 Å². The summed E-state index contributed by atoms with van der Waals surface area (Å²) in [5, 5.41) is 4.88. The molecule has 4 heteroatoms. The van der Waals surface area contributed by atoms with Crippen LogP contribution in [0, 0.1) is 0 Å². The lowest BCUT2D eigenvalue weighted by atomic mass is 10.3. The minimum Gasteiger partial charge on any atom is -0.398 e. The molecule has 1 heterocycles. The fourth-order valence-corrected chi connectivity index (χ4v) is 3.04. The first-order valence-corrected chi connectivity index (χ1v) is 6.75. The average molecular weight is 256 g/mol. The van der Waals surface area contributed by atoms with E-state index in [1.165, 1.54) is 5.56 Å². The van der Waals surface area contributed by atoms with Gasteiger partial charge < -0.3 is 5.73 Å². The summed E-state index contributed by atoms with van der Waals surface area (Å²) in [5.41, 5.74) is 7.62. The Hall–Kier alpha value is -0.640. The summed E-state index contributed by atoms with van der Waals surface area (Å²) in [4.78, 5) is 1.15. The maximum Gasteiger partial charge on any atom is 0.0646 e. The lowest BCUT2D eigenvalue weighted by Gasteiger charge is -2.02. The minimum absolute atomic E-state index is 0.630. The van der Waals surface area contributed by atoms with Crippen molar-refractivity contribution in [1.29, 1.82) is 0 Å². The van der Waals surface area contributed by atoms with E-state index in [4.69, 9.17) is 17.3 Å². The average Bonchev–Trinajstić information content (AvgIpc) is 2.73. The van der Waals surface area contributed by atoms with Crippen molar-refractivity contribution in [2.45, 2.75) is 10.6 Å². The van der Waals surface area contributed by atoms with Gasteiger partial charge in [-0.25, -0.2) is 0 Å². The van der Waals surface area contributed by atoms with Crippen LogP contribution in [-0.2, 0) is 5.75 Å². The zero-order valence-electron chi connectivity index (χ0n) is 7.94. The Morgan fingerprint density at radius 3 is 2.87 bits per heavy atom. The van der Waals surface area contributed by atoms with Gasteiger partial charge in [0.05, 0.1) is 10.7 Å². The van der Waals surface area contributed by atoms with Gasteiger partial charge in [-0.1, -0.05) is 11.6 Å². The summed E-state index contributed by atoms with van der Waals surface area (Å²) in [6.07, 6.45) is 0. The van der Waals surface area contributed by atoms with Gasteiger partial charge in [0, 0.05) is 10.6 Å². The summed E-state index contributed by atoms with van der Waals surface area (Å²) in [6, 6.07) is 7.89. The van der Waals surface area contributed by atoms with E-state index in [2.05, 4.69) is 16.8 Å². The quantitative estimate of drug-likeness (QED) is 0.655. The second-order valence-corrected chi connectivity index (χ2v) is 5.34. The second kappa shape index (κ2) is 4.92. The maximum absolute atomic E-state index is 5.94. The van der Waals surface area contributed by atoms with Gasteiger partial charge in [0.2, 0.25) is 0 Å². The lowest BCUT2D eigenvalue weighted by Crippen LogP contribution is -1.85. The van der Waals surface area contributed by atoms with Gasteiger partial charge in [0.15, 0.2) is 0 Å². The molecule has 0 unspecified atom stereocenters. The van der Waals surface area contributed by atoms with Crippen LogP contribution in [0.2, 0.25) is 5.02 Å². The van der Waals surface area contributed by atoms with Crippen molar-refractivity contribution in [2.24, 2.45) is 0 Å². The number of benzene rings is 1. The first-order chi connectivity index (χ1) is 7.25. The molecule has 0 bridgehead atoms. The summed E-state index contributed by atoms with van der Waals surface area (Å²) in [6.45, 7) is 0. The highest BCUT2D eigenvalue weighted by atomic mass is 35.5. The predicted octanol–water partition coefficient (Wildman–Crippen LogP) is 4.28. The van der Waals surface area contributed by atoms with Crippen LogP contribution < -0.4 is 5.73 Å². The summed E-state index contributed by atoms with van der Waals surface area (Å²) < 4.78 is 0. The van der Waals surface area contributed by atoms with E-state index in [-0.39, 0.29) is 0 Å². The Labute approximate surface area is 102 Å². The maximum atomic E-state index is 5.94.